The lowest BCUT2D eigenvalue weighted by Gasteiger charge is -2.05. The Balaban J connectivity index is 2.08. The van der Waals surface area contributed by atoms with Crippen LogP contribution in [-0.2, 0) is 0 Å². The molecule has 1 aliphatic heterocycles. The van der Waals surface area contributed by atoms with Crippen molar-refractivity contribution in [3.8, 4) is 0 Å². The van der Waals surface area contributed by atoms with Gasteiger partial charge in [0.25, 0.3) is 0 Å². The molecule has 0 amide bonds. The number of piperidine rings is 1. The van der Waals surface area contributed by atoms with Crippen LogP contribution < -0.4 is 5.32 Å². The van der Waals surface area contributed by atoms with Gasteiger partial charge in [0.15, 0.2) is 0 Å². The van der Waals surface area contributed by atoms with Gasteiger partial charge < -0.3 is 5.32 Å². The standard InChI is InChI=1S/C7H12ClN/c8-3-6-5-1-2-7(6)9-4-5/h5-7,9H,1-4H2/p+1. The maximum atomic E-state index is 5.82. The molecule has 3 unspecified atom stereocenters. The van der Waals surface area contributed by atoms with E-state index in [0.29, 0.717) is 0 Å². The van der Waals surface area contributed by atoms with Crippen molar-refractivity contribution < 1.29 is 5.32 Å². The predicted molar refractivity (Wildman–Crippen MR) is 37.5 cm³/mol. The van der Waals surface area contributed by atoms with Gasteiger partial charge in [-0.25, -0.2) is 0 Å². The molecule has 1 nitrogen and oxygen atoms in total. The van der Waals surface area contributed by atoms with Gasteiger partial charge in [-0.1, -0.05) is 0 Å². The van der Waals surface area contributed by atoms with E-state index in [0.717, 1.165) is 23.8 Å². The molecule has 2 bridgehead atoms. The fourth-order valence-corrected chi connectivity index (χ4v) is 2.84. The molecule has 3 atom stereocenters. The van der Waals surface area contributed by atoms with Crippen LogP contribution in [0.1, 0.15) is 12.8 Å². The maximum Gasteiger partial charge on any atom is 0.0904 e. The highest BCUT2D eigenvalue weighted by atomic mass is 35.5. The SMILES string of the molecule is ClCC1C2CCC1[NH2+]C2. The fraction of sp³-hybridized carbons (Fsp3) is 1.00. The van der Waals surface area contributed by atoms with Crippen LogP contribution in [0.5, 0.6) is 0 Å². The van der Waals surface area contributed by atoms with Crippen molar-refractivity contribution in [3.63, 3.8) is 0 Å². The minimum absolute atomic E-state index is 0.853. The minimum Gasteiger partial charge on any atom is -0.343 e. The van der Waals surface area contributed by atoms with Crippen molar-refractivity contribution in [1.82, 2.24) is 0 Å². The van der Waals surface area contributed by atoms with Crippen molar-refractivity contribution in [2.24, 2.45) is 11.8 Å². The van der Waals surface area contributed by atoms with Crippen LogP contribution in [0.3, 0.4) is 0 Å². The lowest BCUT2D eigenvalue weighted by Crippen LogP contribution is -2.88. The number of quaternary nitrogens is 1. The minimum atomic E-state index is 0.853. The van der Waals surface area contributed by atoms with Crippen LogP contribution in [0.25, 0.3) is 0 Å². The monoisotopic (exact) mass is 146 g/mol. The lowest BCUT2D eigenvalue weighted by atomic mass is 10.0. The third-order valence-corrected chi connectivity index (χ3v) is 3.30. The zero-order chi connectivity index (χ0) is 6.27. The molecule has 0 spiro atoms. The first-order valence-electron chi connectivity index (χ1n) is 3.81. The second-order valence-electron chi connectivity index (χ2n) is 3.29. The van der Waals surface area contributed by atoms with Gasteiger partial charge in [-0.3, -0.25) is 0 Å². The van der Waals surface area contributed by atoms with Gasteiger partial charge in [-0.15, -0.1) is 11.6 Å². The molecule has 0 aromatic heterocycles. The second-order valence-corrected chi connectivity index (χ2v) is 3.60. The van der Waals surface area contributed by atoms with Gasteiger partial charge in [0.1, 0.15) is 0 Å². The van der Waals surface area contributed by atoms with Gasteiger partial charge >= 0.3 is 0 Å². The summed E-state index contributed by atoms with van der Waals surface area (Å²) >= 11 is 5.82. The average Bonchev–Trinajstić information content (AvgIpc) is 2.44. The normalized spacial score (nSPS) is 48.3. The van der Waals surface area contributed by atoms with Crippen molar-refractivity contribution in [2.45, 2.75) is 18.9 Å². The summed E-state index contributed by atoms with van der Waals surface area (Å²) in [5.41, 5.74) is 0. The first kappa shape index (κ1) is 5.99. The molecule has 0 radical (unpaired) electrons. The van der Waals surface area contributed by atoms with Gasteiger partial charge in [-0.05, 0) is 6.42 Å². The van der Waals surface area contributed by atoms with Crippen molar-refractivity contribution >= 4 is 11.6 Å². The van der Waals surface area contributed by atoms with E-state index in [1.807, 2.05) is 0 Å². The fourth-order valence-electron chi connectivity index (χ4n) is 2.36. The summed E-state index contributed by atoms with van der Waals surface area (Å²) < 4.78 is 0. The molecular formula is C7H13ClN+. The first-order chi connectivity index (χ1) is 4.42. The number of rotatable bonds is 1. The highest BCUT2D eigenvalue weighted by Crippen LogP contribution is 2.33. The van der Waals surface area contributed by atoms with Crippen LogP contribution in [0, 0.1) is 11.8 Å². The Morgan fingerprint density at radius 3 is 2.56 bits per heavy atom. The lowest BCUT2D eigenvalue weighted by molar-refractivity contribution is -0.679. The Morgan fingerprint density at radius 1 is 1.44 bits per heavy atom. The molecular weight excluding hydrogens is 134 g/mol. The molecule has 0 aromatic carbocycles. The summed E-state index contributed by atoms with van der Waals surface area (Å²) in [7, 11) is 0. The molecule has 1 saturated carbocycles. The molecule has 2 aliphatic rings. The topological polar surface area (TPSA) is 16.6 Å². The molecule has 52 valence electrons. The Morgan fingerprint density at radius 2 is 2.33 bits per heavy atom. The Labute approximate surface area is 60.8 Å². The van der Waals surface area contributed by atoms with Crippen LogP contribution in [0.15, 0.2) is 0 Å². The van der Waals surface area contributed by atoms with Crippen LogP contribution >= 0.6 is 11.6 Å². The average molecular weight is 147 g/mol. The van der Waals surface area contributed by atoms with Crippen LogP contribution in [-0.4, -0.2) is 18.5 Å². The largest absolute Gasteiger partial charge is 0.343 e. The molecule has 2 rings (SSSR count). The van der Waals surface area contributed by atoms with Crippen molar-refractivity contribution in [1.29, 1.82) is 0 Å². The summed E-state index contributed by atoms with van der Waals surface area (Å²) in [5.74, 6) is 2.71. The Kier molecular flexibility index (Phi) is 1.42. The third-order valence-electron chi connectivity index (χ3n) is 2.95. The van der Waals surface area contributed by atoms with Crippen LogP contribution in [0.2, 0.25) is 0 Å². The summed E-state index contributed by atoms with van der Waals surface area (Å²) in [5, 5.41) is 2.47. The number of alkyl halides is 1. The Hall–Kier alpha value is 0.250. The number of hydrogen-bond donors (Lipinski definition) is 1. The molecule has 2 fully saturated rings. The highest BCUT2D eigenvalue weighted by molar-refractivity contribution is 6.18. The quantitative estimate of drug-likeness (QED) is 0.509. The van der Waals surface area contributed by atoms with E-state index in [9.17, 15) is 0 Å². The second kappa shape index (κ2) is 2.14. The number of halogens is 1. The van der Waals surface area contributed by atoms with E-state index >= 15 is 0 Å². The molecule has 1 heterocycles. The number of hydrogen-bond acceptors (Lipinski definition) is 0. The van der Waals surface area contributed by atoms with Gasteiger partial charge in [0.2, 0.25) is 0 Å². The smallest absolute Gasteiger partial charge is 0.0904 e. The van der Waals surface area contributed by atoms with E-state index in [4.69, 9.17) is 11.6 Å². The van der Waals surface area contributed by atoms with Crippen molar-refractivity contribution in [2.75, 3.05) is 12.4 Å². The molecule has 1 aliphatic carbocycles. The first-order valence-corrected chi connectivity index (χ1v) is 4.34. The summed E-state index contributed by atoms with van der Waals surface area (Å²) in [6.07, 6.45) is 2.86. The number of fused-ring (bicyclic) bond motifs is 2. The van der Waals surface area contributed by atoms with Gasteiger partial charge in [-0.2, -0.15) is 0 Å². The van der Waals surface area contributed by atoms with Crippen molar-refractivity contribution in [3.05, 3.63) is 0 Å². The van der Waals surface area contributed by atoms with E-state index in [-0.39, 0.29) is 0 Å². The highest BCUT2D eigenvalue weighted by Gasteiger charge is 2.44. The van der Waals surface area contributed by atoms with E-state index in [1.165, 1.54) is 19.4 Å². The summed E-state index contributed by atoms with van der Waals surface area (Å²) in [6.45, 7) is 1.35. The number of nitrogens with two attached hydrogens (primary N) is 1. The van der Waals surface area contributed by atoms with E-state index in [1.54, 1.807) is 0 Å². The molecule has 1 saturated heterocycles. The van der Waals surface area contributed by atoms with E-state index < -0.39 is 0 Å². The summed E-state index contributed by atoms with van der Waals surface area (Å²) in [4.78, 5) is 0. The zero-order valence-corrected chi connectivity index (χ0v) is 6.27. The summed E-state index contributed by atoms with van der Waals surface area (Å²) in [6, 6.07) is 0.896. The molecule has 9 heavy (non-hydrogen) atoms. The predicted octanol–water partition coefficient (Wildman–Crippen LogP) is 0.197. The van der Waals surface area contributed by atoms with Gasteiger partial charge in [0.05, 0.1) is 12.6 Å². The molecule has 2 N–H and O–H groups in total. The zero-order valence-electron chi connectivity index (χ0n) is 5.52. The van der Waals surface area contributed by atoms with Crippen LogP contribution in [0.4, 0.5) is 0 Å². The molecule has 0 aromatic rings. The van der Waals surface area contributed by atoms with Gasteiger partial charge in [0, 0.05) is 24.1 Å². The third kappa shape index (κ3) is 0.786. The Bertz CT molecular complexity index is 95.5. The maximum absolute atomic E-state index is 5.82. The van der Waals surface area contributed by atoms with E-state index in [2.05, 4.69) is 5.32 Å². The molecule has 2 heteroatoms.